The molecule has 0 amide bonds. The molecule has 1 atom stereocenters. The van der Waals surface area contributed by atoms with Crippen LogP contribution in [0.5, 0.6) is 0 Å². The van der Waals surface area contributed by atoms with Crippen molar-refractivity contribution in [1.82, 2.24) is 0 Å². The smallest absolute Gasteiger partial charge is 0.306 e. The first kappa shape index (κ1) is 8.89. The zero-order chi connectivity index (χ0) is 10.5. The Balaban J connectivity index is 2.12. The van der Waals surface area contributed by atoms with Crippen molar-refractivity contribution < 1.29 is 13.9 Å². The normalized spacial score (nSPS) is 28.2. The van der Waals surface area contributed by atoms with E-state index in [1.54, 1.807) is 6.07 Å². The Kier molecular flexibility index (Phi) is 1.67. The molecule has 2 nitrogen and oxygen atoms in total. The summed E-state index contributed by atoms with van der Waals surface area (Å²) in [6.07, 6.45) is 2.56. The first-order valence-corrected chi connectivity index (χ1v) is 5.21. The topological polar surface area (TPSA) is 26.3 Å². The van der Waals surface area contributed by atoms with Gasteiger partial charge in [-0.2, -0.15) is 0 Å². The van der Waals surface area contributed by atoms with E-state index in [-0.39, 0.29) is 11.8 Å². The molecule has 2 aliphatic rings. The summed E-state index contributed by atoms with van der Waals surface area (Å²) in [6.45, 7) is 0. The summed E-state index contributed by atoms with van der Waals surface area (Å²) in [5.41, 5.74) is 1.11. The lowest BCUT2D eigenvalue weighted by Crippen LogP contribution is -2.21. The summed E-state index contributed by atoms with van der Waals surface area (Å²) >= 11 is 0. The molecule has 3 heteroatoms. The van der Waals surface area contributed by atoms with Crippen molar-refractivity contribution in [1.29, 1.82) is 0 Å². The van der Waals surface area contributed by atoms with Crippen LogP contribution in [0.3, 0.4) is 0 Å². The quantitative estimate of drug-likeness (QED) is 0.609. The zero-order valence-electron chi connectivity index (χ0n) is 8.25. The Morgan fingerprint density at radius 2 is 2.07 bits per heavy atom. The third kappa shape index (κ3) is 1.12. The standard InChI is InChI=1S/C12H11FO2/c13-10-3-1-2-9-8(10)4-6-12(9)7-5-11(14)15-12/h1-3H,4-7H2. The van der Waals surface area contributed by atoms with Gasteiger partial charge in [0, 0.05) is 18.4 Å². The van der Waals surface area contributed by atoms with Crippen LogP contribution in [-0.4, -0.2) is 5.97 Å². The maximum atomic E-state index is 13.5. The van der Waals surface area contributed by atoms with E-state index < -0.39 is 5.60 Å². The Hall–Kier alpha value is -1.38. The lowest BCUT2D eigenvalue weighted by Gasteiger charge is -2.22. The molecule has 3 rings (SSSR count). The van der Waals surface area contributed by atoms with Crippen molar-refractivity contribution in [3.05, 3.63) is 35.1 Å². The molecule has 1 aliphatic carbocycles. The van der Waals surface area contributed by atoms with E-state index in [2.05, 4.69) is 0 Å². The van der Waals surface area contributed by atoms with Gasteiger partial charge < -0.3 is 4.74 Å². The highest BCUT2D eigenvalue weighted by atomic mass is 19.1. The summed E-state index contributed by atoms with van der Waals surface area (Å²) in [7, 11) is 0. The van der Waals surface area contributed by atoms with Gasteiger partial charge in [0.1, 0.15) is 11.4 Å². The van der Waals surface area contributed by atoms with Crippen molar-refractivity contribution in [2.45, 2.75) is 31.3 Å². The molecule has 1 heterocycles. The molecule has 1 fully saturated rings. The van der Waals surface area contributed by atoms with Crippen LogP contribution in [0.1, 0.15) is 30.4 Å². The zero-order valence-corrected chi connectivity index (χ0v) is 8.25. The molecule has 15 heavy (non-hydrogen) atoms. The van der Waals surface area contributed by atoms with E-state index in [0.717, 1.165) is 17.5 Å². The van der Waals surface area contributed by atoms with Gasteiger partial charge in [0.15, 0.2) is 0 Å². The molecular formula is C12H11FO2. The van der Waals surface area contributed by atoms with Gasteiger partial charge >= 0.3 is 5.97 Å². The molecule has 1 aromatic carbocycles. The summed E-state index contributed by atoms with van der Waals surface area (Å²) in [6, 6.07) is 5.03. The minimum Gasteiger partial charge on any atom is -0.454 e. The monoisotopic (exact) mass is 206 g/mol. The van der Waals surface area contributed by atoms with Gasteiger partial charge in [0.05, 0.1) is 0 Å². The number of esters is 1. The van der Waals surface area contributed by atoms with Crippen LogP contribution in [0.4, 0.5) is 4.39 Å². The van der Waals surface area contributed by atoms with Gasteiger partial charge in [-0.25, -0.2) is 4.39 Å². The predicted octanol–water partition coefficient (Wildman–Crippen LogP) is 2.30. The minimum absolute atomic E-state index is 0.160. The average Bonchev–Trinajstić information content (AvgIpc) is 2.75. The number of hydrogen-bond donors (Lipinski definition) is 0. The van der Waals surface area contributed by atoms with Gasteiger partial charge in [-0.3, -0.25) is 4.79 Å². The van der Waals surface area contributed by atoms with Crippen LogP contribution in [0.25, 0.3) is 0 Å². The molecule has 1 spiro atoms. The molecular weight excluding hydrogens is 195 g/mol. The van der Waals surface area contributed by atoms with Crippen LogP contribution in [0, 0.1) is 5.82 Å². The van der Waals surface area contributed by atoms with Crippen molar-refractivity contribution in [3.8, 4) is 0 Å². The fourth-order valence-electron chi connectivity index (χ4n) is 2.69. The lowest BCUT2D eigenvalue weighted by molar-refractivity contribution is -0.149. The van der Waals surface area contributed by atoms with E-state index >= 15 is 0 Å². The number of ether oxygens (including phenoxy) is 1. The number of fused-ring (bicyclic) bond motifs is 2. The summed E-state index contributed by atoms with van der Waals surface area (Å²) in [5.74, 6) is -0.334. The highest BCUT2D eigenvalue weighted by Crippen LogP contribution is 2.47. The number of benzene rings is 1. The van der Waals surface area contributed by atoms with E-state index in [4.69, 9.17) is 4.74 Å². The van der Waals surface area contributed by atoms with Gasteiger partial charge in [0.2, 0.25) is 0 Å². The van der Waals surface area contributed by atoms with Crippen LogP contribution in [0.2, 0.25) is 0 Å². The van der Waals surface area contributed by atoms with Crippen LogP contribution in [0.15, 0.2) is 18.2 Å². The second-order valence-corrected chi connectivity index (χ2v) is 4.23. The fraction of sp³-hybridized carbons (Fsp3) is 0.417. The number of carbonyl (C=O) groups is 1. The molecule has 1 unspecified atom stereocenters. The first-order chi connectivity index (χ1) is 7.21. The van der Waals surface area contributed by atoms with E-state index in [0.29, 0.717) is 19.3 Å². The Bertz CT molecular complexity index is 441. The van der Waals surface area contributed by atoms with E-state index in [1.807, 2.05) is 6.07 Å². The van der Waals surface area contributed by atoms with Gasteiger partial charge in [-0.15, -0.1) is 0 Å². The molecule has 0 aromatic heterocycles. The van der Waals surface area contributed by atoms with Crippen LogP contribution in [-0.2, 0) is 21.6 Å². The van der Waals surface area contributed by atoms with Crippen molar-refractivity contribution in [2.24, 2.45) is 0 Å². The summed E-state index contributed by atoms with van der Waals surface area (Å²) in [5, 5.41) is 0. The van der Waals surface area contributed by atoms with Crippen LogP contribution < -0.4 is 0 Å². The molecule has 1 saturated heterocycles. The number of halogens is 1. The van der Waals surface area contributed by atoms with Gasteiger partial charge in [0.25, 0.3) is 0 Å². The number of rotatable bonds is 0. The molecule has 1 aliphatic heterocycles. The number of carbonyl (C=O) groups excluding carboxylic acids is 1. The highest BCUT2D eigenvalue weighted by Gasteiger charge is 2.47. The van der Waals surface area contributed by atoms with Gasteiger partial charge in [-0.05, 0) is 24.5 Å². The molecule has 0 bridgehead atoms. The largest absolute Gasteiger partial charge is 0.454 e. The first-order valence-electron chi connectivity index (χ1n) is 5.21. The van der Waals surface area contributed by atoms with E-state index in [9.17, 15) is 9.18 Å². The predicted molar refractivity (Wildman–Crippen MR) is 51.7 cm³/mol. The fourth-order valence-corrected chi connectivity index (χ4v) is 2.69. The number of hydrogen-bond acceptors (Lipinski definition) is 2. The van der Waals surface area contributed by atoms with Crippen molar-refractivity contribution in [2.75, 3.05) is 0 Å². The molecule has 1 aromatic rings. The van der Waals surface area contributed by atoms with Crippen LogP contribution >= 0.6 is 0 Å². The Labute approximate surface area is 87.0 Å². The molecule has 0 saturated carbocycles. The summed E-state index contributed by atoms with van der Waals surface area (Å²) in [4.78, 5) is 11.2. The lowest BCUT2D eigenvalue weighted by atomic mass is 9.93. The van der Waals surface area contributed by atoms with E-state index in [1.165, 1.54) is 6.07 Å². The molecule has 78 valence electrons. The highest BCUT2D eigenvalue weighted by molar-refractivity contribution is 5.73. The average molecular weight is 206 g/mol. The maximum absolute atomic E-state index is 13.5. The SMILES string of the molecule is O=C1CCC2(CCc3c(F)cccc32)O1. The maximum Gasteiger partial charge on any atom is 0.306 e. The van der Waals surface area contributed by atoms with Gasteiger partial charge in [-0.1, -0.05) is 12.1 Å². The third-order valence-electron chi connectivity index (χ3n) is 3.43. The molecule has 0 N–H and O–H groups in total. The summed E-state index contributed by atoms with van der Waals surface area (Å²) < 4.78 is 18.9. The third-order valence-corrected chi connectivity index (χ3v) is 3.43. The second-order valence-electron chi connectivity index (χ2n) is 4.23. The van der Waals surface area contributed by atoms with Crippen molar-refractivity contribution in [3.63, 3.8) is 0 Å². The Morgan fingerprint density at radius 3 is 2.80 bits per heavy atom. The Morgan fingerprint density at radius 1 is 1.27 bits per heavy atom. The van der Waals surface area contributed by atoms with Crippen molar-refractivity contribution >= 4 is 5.97 Å². The second kappa shape index (κ2) is 2.81. The molecule has 0 radical (unpaired) electrons. The minimum atomic E-state index is -0.505.